The molecule has 0 radical (unpaired) electrons. The van der Waals surface area contributed by atoms with Crippen LogP contribution in [0.5, 0.6) is 11.5 Å². The second-order valence-electron chi connectivity index (χ2n) is 17.2. The number of benzene rings is 9. The maximum absolute atomic E-state index is 6.38. The maximum atomic E-state index is 6.38. The predicted octanol–water partition coefficient (Wildman–Crippen LogP) is 14.9. The van der Waals surface area contributed by atoms with Gasteiger partial charge in [0.1, 0.15) is 33.8 Å². The molecule has 0 atom stereocenters. The fraction of sp³-hybridized carbons (Fsp3) is 0.0172. The average Bonchev–Trinajstić information content (AvgIpc) is 4.12. The van der Waals surface area contributed by atoms with Gasteiger partial charge in [0.05, 0.1) is 22.1 Å². The van der Waals surface area contributed by atoms with Crippen molar-refractivity contribution in [2.45, 2.75) is 6.42 Å². The first-order chi connectivity index (χ1) is 32.7. The fourth-order valence-corrected chi connectivity index (χ4v) is 10.4. The van der Waals surface area contributed by atoms with E-state index in [0.29, 0.717) is 17.6 Å². The summed E-state index contributed by atoms with van der Waals surface area (Å²) in [6.07, 6.45) is 0.809. The van der Waals surface area contributed by atoms with Crippen molar-refractivity contribution < 1.29 is 13.6 Å². The van der Waals surface area contributed by atoms with Gasteiger partial charge in [0.2, 0.25) is 5.95 Å². The third kappa shape index (κ3) is 5.12. The zero-order valence-corrected chi connectivity index (χ0v) is 35.1. The Morgan fingerprint density at radius 3 is 1.52 bits per heavy atom. The van der Waals surface area contributed by atoms with Crippen LogP contribution in [0, 0.1) is 0 Å². The molecule has 0 aliphatic carbocycles. The Morgan fingerprint density at radius 2 is 0.864 bits per heavy atom. The summed E-state index contributed by atoms with van der Waals surface area (Å²) in [5.74, 6) is 3.46. The minimum atomic E-state index is 0.522. The lowest BCUT2D eigenvalue weighted by atomic mass is 10.00. The van der Waals surface area contributed by atoms with Crippen molar-refractivity contribution in [3.8, 4) is 45.9 Å². The summed E-state index contributed by atoms with van der Waals surface area (Å²) in [5, 5.41) is 8.58. The molecule has 1 aliphatic rings. The minimum Gasteiger partial charge on any atom is -0.457 e. The molecule has 0 fully saturated rings. The minimum absolute atomic E-state index is 0.522. The molecule has 6 heterocycles. The van der Waals surface area contributed by atoms with Gasteiger partial charge in [0, 0.05) is 71.9 Å². The second-order valence-corrected chi connectivity index (χ2v) is 17.2. The van der Waals surface area contributed by atoms with E-state index in [1.54, 1.807) is 0 Å². The van der Waals surface area contributed by atoms with Gasteiger partial charge in [-0.15, -0.1) is 0 Å². The van der Waals surface area contributed by atoms with E-state index in [0.717, 1.165) is 128 Å². The van der Waals surface area contributed by atoms with Crippen LogP contribution in [-0.4, -0.2) is 24.1 Å². The van der Waals surface area contributed by atoms with Crippen LogP contribution in [0.3, 0.4) is 0 Å². The molecular weight excluding hydrogens is 815 g/mol. The number of rotatable bonds is 4. The Morgan fingerprint density at radius 1 is 0.348 bits per heavy atom. The molecule has 0 amide bonds. The highest BCUT2D eigenvalue weighted by Crippen LogP contribution is 2.43. The van der Waals surface area contributed by atoms with Crippen molar-refractivity contribution in [2.75, 3.05) is 0 Å². The summed E-state index contributed by atoms with van der Waals surface area (Å²) in [6, 6.07) is 65.3. The predicted molar refractivity (Wildman–Crippen MR) is 263 cm³/mol. The molecule has 14 aromatic rings. The first kappa shape index (κ1) is 35.5. The molecule has 8 nitrogen and oxygen atoms in total. The van der Waals surface area contributed by atoms with Crippen LogP contribution < -0.4 is 4.74 Å². The molecule has 9 aromatic carbocycles. The number of hydrogen-bond donors (Lipinski definition) is 0. The van der Waals surface area contributed by atoms with Crippen LogP contribution in [0.15, 0.2) is 197 Å². The van der Waals surface area contributed by atoms with Crippen molar-refractivity contribution in [3.63, 3.8) is 0 Å². The van der Waals surface area contributed by atoms with Crippen molar-refractivity contribution >= 4 is 87.5 Å². The molecule has 308 valence electrons. The molecule has 8 heteroatoms. The first-order valence-corrected chi connectivity index (χ1v) is 22.1. The van der Waals surface area contributed by atoms with E-state index in [4.69, 9.17) is 28.5 Å². The second kappa shape index (κ2) is 13.3. The Bertz CT molecular complexity index is 4250. The summed E-state index contributed by atoms with van der Waals surface area (Å²) >= 11 is 0. The van der Waals surface area contributed by atoms with Gasteiger partial charge in [-0.1, -0.05) is 91.0 Å². The molecule has 0 saturated heterocycles. The Kier molecular flexibility index (Phi) is 7.12. The lowest BCUT2D eigenvalue weighted by Gasteiger charge is -2.21. The van der Waals surface area contributed by atoms with Gasteiger partial charge in [-0.3, -0.25) is 4.57 Å². The van der Waals surface area contributed by atoms with E-state index in [2.05, 4.69) is 124 Å². The van der Waals surface area contributed by atoms with Crippen LogP contribution in [0.4, 0.5) is 0 Å². The molecule has 0 bridgehead atoms. The molecule has 66 heavy (non-hydrogen) atoms. The lowest BCUT2D eigenvalue weighted by molar-refractivity contribution is 0.460. The number of aromatic nitrogens is 5. The lowest BCUT2D eigenvalue weighted by Crippen LogP contribution is -2.06. The van der Waals surface area contributed by atoms with E-state index in [1.807, 2.05) is 72.8 Å². The van der Waals surface area contributed by atoms with E-state index in [1.165, 1.54) is 5.56 Å². The summed E-state index contributed by atoms with van der Waals surface area (Å²) < 4.78 is 23.5. The molecular formula is C58H33N5O3. The van der Waals surface area contributed by atoms with Gasteiger partial charge in [-0.2, -0.15) is 9.97 Å². The van der Waals surface area contributed by atoms with E-state index < -0.39 is 0 Å². The summed E-state index contributed by atoms with van der Waals surface area (Å²) in [5.41, 5.74) is 12.7. The number of fused-ring (bicyclic) bond motifs is 14. The van der Waals surface area contributed by atoms with Crippen LogP contribution in [0.25, 0.3) is 122 Å². The SMILES string of the molecule is c1ccc2c(c1)Cc1cc(-n3c4ccccc4c4cc5c(cc43)c3ccccc3n5-c3nc(-c4ccc5oc6ccccc6c5c4)nc(-c4ccc5oc6ccccc6c5c4)n3)ccc1O2. The summed E-state index contributed by atoms with van der Waals surface area (Å²) in [7, 11) is 0. The number of ether oxygens (including phenoxy) is 1. The van der Waals surface area contributed by atoms with Crippen LogP contribution in [0.2, 0.25) is 0 Å². The van der Waals surface area contributed by atoms with Crippen molar-refractivity contribution in [2.24, 2.45) is 0 Å². The summed E-state index contributed by atoms with van der Waals surface area (Å²) in [6.45, 7) is 0. The number of para-hydroxylation sites is 5. The highest BCUT2D eigenvalue weighted by atomic mass is 16.5. The standard InChI is InChI=1S/C58H33N5O3/c1-8-18-50-33(11-1)27-36-28-37(23-26-51(36)64-50)62-46-16-6-2-12-38(46)42-32-49-43(31-48(42)62)39-13-3-7-17-47(39)63(49)58-60-56(34-21-24-54-44(29-34)40-14-4-9-19-52(40)65-54)59-57(61-58)35-22-25-55-45(30-35)41-15-5-10-20-53(41)66-55/h1-26,28-32H,27H2. The van der Waals surface area contributed by atoms with E-state index >= 15 is 0 Å². The normalized spacial score (nSPS) is 12.6. The van der Waals surface area contributed by atoms with Crippen LogP contribution in [-0.2, 0) is 6.42 Å². The first-order valence-electron chi connectivity index (χ1n) is 22.1. The number of hydrogen-bond acceptors (Lipinski definition) is 6. The van der Waals surface area contributed by atoms with Gasteiger partial charge in [0.25, 0.3) is 0 Å². The van der Waals surface area contributed by atoms with Gasteiger partial charge in [-0.05, 0) is 103 Å². The molecule has 0 spiro atoms. The Labute approximate surface area is 375 Å². The molecule has 0 unspecified atom stereocenters. The van der Waals surface area contributed by atoms with Crippen molar-refractivity contribution in [1.82, 2.24) is 24.1 Å². The van der Waals surface area contributed by atoms with Crippen molar-refractivity contribution in [1.29, 1.82) is 0 Å². The third-order valence-electron chi connectivity index (χ3n) is 13.4. The zero-order chi connectivity index (χ0) is 43.0. The van der Waals surface area contributed by atoms with Crippen LogP contribution in [0.1, 0.15) is 11.1 Å². The Hall–Kier alpha value is -9.01. The fourth-order valence-electron chi connectivity index (χ4n) is 10.4. The van der Waals surface area contributed by atoms with Crippen molar-refractivity contribution in [3.05, 3.63) is 199 Å². The average molecular weight is 848 g/mol. The number of furan rings is 2. The molecule has 5 aromatic heterocycles. The molecule has 15 rings (SSSR count). The maximum Gasteiger partial charge on any atom is 0.238 e. The molecule has 0 saturated carbocycles. The van der Waals surface area contributed by atoms with Gasteiger partial charge in [0.15, 0.2) is 11.6 Å². The Balaban J connectivity index is 0.978. The summed E-state index contributed by atoms with van der Waals surface area (Å²) in [4.78, 5) is 16.0. The quantitative estimate of drug-likeness (QED) is 0.175. The van der Waals surface area contributed by atoms with E-state index in [9.17, 15) is 0 Å². The largest absolute Gasteiger partial charge is 0.457 e. The van der Waals surface area contributed by atoms with Gasteiger partial charge < -0.3 is 18.1 Å². The zero-order valence-electron chi connectivity index (χ0n) is 35.1. The van der Waals surface area contributed by atoms with Crippen LogP contribution >= 0.6 is 0 Å². The number of nitrogens with zero attached hydrogens (tertiary/aromatic N) is 5. The van der Waals surface area contributed by atoms with Gasteiger partial charge in [-0.25, -0.2) is 4.98 Å². The third-order valence-corrected chi connectivity index (χ3v) is 13.4. The smallest absolute Gasteiger partial charge is 0.238 e. The highest BCUT2D eigenvalue weighted by Gasteiger charge is 2.24. The van der Waals surface area contributed by atoms with Gasteiger partial charge >= 0.3 is 0 Å². The molecule has 1 aliphatic heterocycles. The van der Waals surface area contributed by atoms with E-state index in [-0.39, 0.29) is 0 Å². The molecule has 0 N–H and O–H groups in total. The topological polar surface area (TPSA) is 84.0 Å². The monoisotopic (exact) mass is 847 g/mol. The highest BCUT2D eigenvalue weighted by molar-refractivity contribution is 6.19.